The standard InChI is InChI=1S/C10H12N2O2Se/c1-3-12-9-7-5-4-6-8(9)11(2)10(12)15(13)14/h4-7H,3H2,1-2H3. The van der Waals surface area contributed by atoms with Crippen LogP contribution in [-0.4, -0.2) is 18.7 Å². The van der Waals surface area contributed by atoms with Gasteiger partial charge in [0.15, 0.2) is 0 Å². The molecular weight excluding hydrogens is 259 g/mol. The van der Waals surface area contributed by atoms with E-state index in [2.05, 4.69) is 0 Å². The number of rotatable bonds is 2. The molecule has 0 aliphatic rings. The summed E-state index contributed by atoms with van der Waals surface area (Å²) in [6, 6.07) is 7.70. The zero-order valence-electron chi connectivity index (χ0n) is 8.64. The Balaban J connectivity index is 2.90. The van der Waals surface area contributed by atoms with Crippen molar-refractivity contribution < 1.29 is 12.6 Å². The molecule has 0 radical (unpaired) electrons. The van der Waals surface area contributed by atoms with E-state index in [1.807, 2.05) is 35.8 Å². The van der Waals surface area contributed by atoms with Gasteiger partial charge in [0.05, 0.1) is 0 Å². The molecule has 15 heavy (non-hydrogen) atoms. The second kappa shape index (κ2) is 3.85. The fraction of sp³-hybridized carbons (Fsp3) is 0.300. The summed E-state index contributed by atoms with van der Waals surface area (Å²) in [4.78, 5) is 0. The van der Waals surface area contributed by atoms with Gasteiger partial charge >= 0.3 is 91.9 Å². The van der Waals surface area contributed by atoms with Gasteiger partial charge in [-0.3, -0.25) is 0 Å². The molecule has 0 N–H and O–H groups in total. The number of aromatic nitrogens is 2. The Morgan fingerprint density at radius 1 is 1.47 bits per heavy atom. The molecule has 80 valence electrons. The predicted molar refractivity (Wildman–Crippen MR) is 54.9 cm³/mol. The van der Waals surface area contributed by atoms with Crippen LogP contribution >= 0.6 is 0 Å². The number of fused-ring (bicyclic) bond motifs is 1. The SMILES string of the molecule is CCn1c([Se](=O)[O-])[n+](C)c2ccccc21. The second-order valence-electron chi connectivity index (χ2n) is 3.31. The van der Waals surface area contributed by atoms with Crippen molar-refractivity contribution >= 4 is 29.9 Å². The van der Waals surface area contributed by atoms with Crippen LogP contribution in [0.3, 0.4) is 0 Å². The summed E-state index contributed by atoms with van der Waals surface area (Å²) < 4.78 is 26.4. The summed E-state index contributed by atoms with van der Waals surface area (Å²) in [5.41, 5.74) is 1.92. The molecular formula is C10H12N2O2Se. The van der Waals surface area contributed by atoms with Gasteiger partial charge in [0, 0.05) is 0 Å². The van der Waals surface area contributed by atoms with Crippen LogP contribution in [0.15, 0.2) is 24.3 Å². The van der Waals surface area contributed by atoms with Gasteiger partial charge in [-0.05, 0) is 0 Å². The van der Waals surface area contributed by atoms with E-state index < -0.39 is 14.2 Å². The maximum absolute atomic E-state index is 11.2. The molecule has 4 nitrogen and oxygen atoms in total. The topological polar surface area (TPSA) is 48.9 Å². The van der Waals surface area contributed by atoms with E-state index in [9.17, 15) is 8.02 Å². The zero-order valence-corrected chi connectivity index (χ0v) is 10.3. The first kappa shape index (κ1) is 10.5. The van der Waals surface area contributed by atoms with Gasteiger partial charge in [0.25, 0.3) is 0 Å². The van der Waals surface area contributed by atoms with E-state index in [0.717, 1.165) is 11.0 Å². The van der Waals surface area contributed by atoms with E-state index in [1.54, 1.807) is 11.6 Å². The Bertz CT molecular complexity index is 533. The van der Waals surface area contributed by atoms with Gasteiger partial charge in [0.1, 0.15) is 0 Å². The van der Waals surface area contributed by atoms with E-state index >= 15 is 0 Å². The number of imidazole rings is 1. The molecule has 0 spiro atoms. The Labute approximate surface area is 92.2 Å². The molecule has 0 amide bonds. The van der Waals surface area contributed by atoms with Crippen molar-refractivity contribution in [2.24, 2.45) is 7.05 Å². The fourth-order valence-electron chi connectivity index (χ4n) is 1.87. The van der Waals surface area contributed by atoms with Crippen LogP contribution in [0, 0.1) is 0 Å². The van der Waals surface area contributed by atoms with Crippen LogP contribution in [0.5, 0.6) is 0 Å². The average molecular weight is 271 g/mol. The third-order valence-corrected chi connectivity index (χ3v) is 4.18. The van der Waals surface area contributed by atoms with E-state index in [-0.39, 0.29) is 0 Å². The number of hydrogen-bond acceptors (Lipinski definition) is 2. The summed E-state index contributed by atoms with van der Waals surface area (Å²) in [5.74, 6) is 0. The summed E-state index contributed by atoms with van der Waals surface area (Å²) in [6.07, 6.45) is 0. The number of benzene rings is 1. The molecule has 1 aromatic carbocycles. The van der Waals surface area contributed by atoms with Gasteiger partial charge in [-0.1, -0.05) is 0 Å². The van der Waals surface area contributed by atoms with Gasteiger partial charge in [-0.25, -0.2) is 0 Å². The van der Waals surface area contributed by atoms with E-state index in [1.165, 1.54) is 0 Å². The molecule has 2 aromatic rings. The molecule has 0 aliphatic carbocycles. The first-order valence-electron chi connectivity index (χ1n) is 4.73. The van der Waals surface area contributed by atoms with Crippen LogP contribution in [0.1, 0.15) is 6.92 Å². The first-order chi connectivity index (χ1) is 7.16. The van der Waals surface area contributed by atoms with Crippen LogP contribution in [0.25, 0.3) is 11.0 Å². The zero-order chi connectivity index (χ0) is 11.0. The second-order valence-corrected chi connectivity index (χ2v) is 5.06. The van der Waals surface area contributed by atoms with Gasteiger partial charge in [0.2, 0.25) is 0 Å². The molecule has 1 atom stereocenters. The van der Waals surface area contributed by atoms with Gasteiger partial charge < -0.3 is 0 Å². The number of para-hydroxylation sites is 2. The number of nitrogens with zero attached hydrogens (tertiary/aromatic N) is 2. The Hall–Kier alpha value is -1.03. The Kier molecular flexibility index (Phi) is 2.69. The van der Waals surface area contributed by atoms with Crippen molar-refractivity contribution in [1.82, 2.24) is 4.57 Å². The molecule has 0 saturated heterocycles. The predicted octanol–water partition coefficient (Wildman–Crippen LogP) is -1.03. The van der Waals surface area contributed by atoms with Crippen LogP contribution in [-0.2, 0) is 17.4 Å². The summed E-state index contributed by atoms with van der Waals surface area (Å²) >= 11 is -3.14. The van der Waals surface area contributed by atoms with E-state index in [4.69, 9.17) is 0 Å². The van der Waals surface area contributed by atoms with Gasteiger partial charge in [-0.15, -0.1) is 0 Å². The maximum atomic E-state index is 11.2. The van der Waals surface area contributed by atoms with Crippen molar-refractivity contribution in [3.63, 3.8) is 0 Å². The monoisotopic (exact) mass is 272 g/mol. The minimum atomic E-state index is -3.14. The van der Waals surface area contributed by atoms with Crippen molar-refractivity contribution in [2.75, 3.05) is 0 Å². The van der Waals surface area contributed by atoms with Crippen LogP contribution in [0.2, 0.25) is 0 Å². The first-order valence-corrected chi connectivity index (χ1v) is 6.99. The quantitative estimate of drug-likeness (QED) is 0.518. The molecule has 0 fully saturated rings. The molecule has 0 saturated carbocycles. The summed E-state index contributed by atoms with van der Waals surface area (Å²) in [6.45, 7) is 2.62. The van der Waals surface area contributed by atoms with Crippen molar-refractivity contribution in [3.8, 4) is 0 Å². The van der Waals surface area contributed by atoms with Gasteiger partial charge in [-0.2, -0.15) is 0 Å². The molecule has 0 aliphatic heterocycles. The van der Waals surface area contributed by atoms with E-state index in [0.29, 0.717) is 11.3 Å². The van der Waals surface area contributed by atoms with Crippen LogP contribution in [0.4, 0.5) is 0 Å². The molecule has 2 rings (SSSR count). The average Bonchev–Trinajstić information content (AvgIpc) is 2.52. The minimum absolute atomic E-state index is 0.415. The van der Waals surface area contributed by atoms with Crippen molar-refractivity contribution in [2.45, 2.75) is 13.5 Å². The molecule has 1 heterocycles. The molecule has 1 aromatic heterocycles. The molecule has 1 unspecified atom stereocenters. The fourth-order valence-corrected chi connectivity index (χ4v) is 3.40. The number of hydrogen-bond donors (Lipinski definition) is 0. The summed E-state index contributed by atoms with van der Waals surface area (Å²) in [7, 11) is 1.79. The summed E-state index contributed by atoms with van der Waals surface area (Å²) in [5, 5.41) is 0. The normalized spacial score (nSPS) is 13.3. The Morgan fingerprint density at radius 2 is 2.13 bits per heavy atom. The molecule has 5 heteroatoms. The molecule has 0 bridgehead atoms. The van der Waals surface area contributed by atoms with Crippen molar-refractivity contribution in [1.29, 1.82) is 0 Å². The third-order valence-electron chi connectivity index (χ3n) is 2.52. The van der Waals surface area contributed by atoms with Crippen molar-refractivity contribution in [3.05, 3.63) is 24.3 Å². The third kappa shape index (κ3) is 1.53. The van der Waals surface area contributed by atoms with Crippen LogP contribution < -0.4 is 13.5 Å². The number of aryl methyl sites for hydroxylation is 2. The Morgan fingerprint density at radius 3 is 2.73 bits per heavy atom.